The molecule has 0 amide bonds. The fourth-order valence-electron chi connectivity index (χ4n) is 0.955. The maximum atomic E-state index is 12.2. The van der Waals surface area contributed by atoms with Gasteiger partial charge in [0.15, 0.2) is 11.5 Å². The standard InChI is InChI=1S/C8H7F3O3/c1-14-5-3-2-4(8(9,10)11)6(12)7(5)13/h2-3,12-13H,1H3. The van der Waals surface area contributed by atoms with Crippen molar-refractivity contribution in [2.75, 3.05) is 7.11 Å². The second kappa shape index (κ2) is 3.28. The van der Waals surface area contributed by atoms with Gasteiger partial charge in [0.25, 0.3) is 0 Å². The monoisotopic (exact) mass is 208 g/mol. The van der Waals surface area contributed by atoms with Crippen LogP contribution >= 0.6 is 0 Å². The van der Waals surface area contributed by atoms with Crippen LogP contribution in [0.25, 0.3) is 0 Å². The Morgan fingerprint density at radius 2 is 1.71 bits per heavy atom. The van der Waals surface area contributed by atoms with Gasteiger partial charge in [0.1, 0.15) is 5.56 Å². The average Bonchev–Trinajstić information content (AvgIpc) is 2.07. The van der Waals surface area contributed by atoms with E-state index in [1.54, 1.807) is 0 Å². The van der Waals surface area contributed by atoms with E-state index < -0.39 is 23.2 Å². The third-order valence-corrected chi connectivity index (χ3v) is 1.64. The summed E-state index contributed by atoms with van der Waals surface area (Å²) in [5, 5.41) is 18.1. The number of ether oxygens (including phenoxy) is 1. The van der Waals surface area contributed by atoms with E-state index in [1.807, 2.05) is 0 Å². The van der Waals surface area contributed by atoms with E-state index in [0.29, 0.717) is 6.07 Å². The van der Waals surface area contributed by atoms with Crippen LogP contribution in [0.2, 0.25) is 0 Å². The topological polar surface area (TPSA) is 49.7 Å². The van der Waals surface area contributed by atoms with Crippen molar-refractivity contribution in [2.24, 2.45) is 0 Å². The second-order valence-electron chi connectivity index (χ2n) is 2.51. The minimum Gasteiger partial charge on any atom is -0.504 e. The maximum absolute atomic E-state index is 12.2. The number of benzene rings is 1. The second-order valence-corrected chi connectivity index (χ2v) is 2.51. The number of methoxy groups -OCH3 is 1. The molecular formula is C8H7F3O3. The lowest BCUT2D eigenvalue weighted by molar-refractivity contribution is -0.138. The summed E-state index contributed by atoms with van der Waals surface area (Å²) in [7, 11) is 1.17. The van der Waals surface area contributed by atoms with Crippen LogP contribution in [0.3, 0.4) is 0 Å². The van der Waals surface area contributed by atoms with Gasteiger partial charge in [0.2, 0.25) is 5.75 Å². The first-order chi connectivity index (χ1) is 6.38. The molecule has 0 spiro atoms. The SMILES string of the molecule is COc1ccc(C(F)(F)F)c(O)c1O. The predicted molar refractivity (Wildman–Crippen MR) is 41.3 cm³/mol. The zero-order valence-corrected chi connectivity index (χ0v) is 7.09. The quantitative estimate of drug-likeness (QED) is 0.695. The minimum absolute atomic E-state index is 0.212. The Hall–Kier alpha value is -1.59. The molecule has 0 aromatic heterocycles. The fourth-order valence-corrected chi connectivity index (χ4v) is 0.955. The number of phenolic OH excluding ortho intramolecular Hbond substituents is 2. The molecule has 0 aliphatic rings. The van der Waals surface area contributed by atoms with Gasteiger partial charge in [-0.1, -0.05) is 0 Å². The van der Waals surface area contributed by atoms with Crippen LogP contribution in [-0.4, -0.2) is 17.3 Å². The molecular weight excluding hydrogens is 201 g/mol. The number of halogens is 3. The van der Waals surface area contributed by atoms with E-state index >= 15 is 0 Å². The summed E-state index contributed by atoms with van der Waals surface area (Å²) in [6.45, 7) is 0. The predicted octanol–water partition coefficient (Wildman–Crippen LogP) is 2.13. The summed E-state index contributed by atoms with van der Waals surface area (Å²) in [4.78, 5) is 0. The smallest absolute Gasteiger partial charge is 0.420 e. The van der Waals surface area contributed by atoms with Crippen molar-refractivity contribution in [1.29, 1.82) is 0 Å². The molecule has 0 heterocycles. The Bertz CT molecular complexity index is 346. The molecule has 1 aromatic rings. The molecule has 0 saturated carbocycles. The molecule has 1 aromatic carbocycles. The van der Waals surface area contributed by atoms with Crippen molar-refractivity contribution >= 4 is 0 Å². The Morgan fingerprint density at radius 3 is 2.14 bits per heavy atom. The van der Waals surface area contributed by atoms with Gasteiger partial charge in [-0.05, 0) is 12.1 Å². The highest BCUT2D eigenvalue weighted by molar-refractivity contribution is 5.54. The molecule has 0 atom stereocenters. The van der Waals surface area contributed by atoms with Crippen molar-refractivity contribution in [3.63, 3.8) is 0 Å². The van der Waals surface area contributed by atoms with E-state index in [4.69, 9.17) is 10.2 Å². The normalized spacial score (nSPS) is 11.4. The molecule has 78 valence electrons. The number of alkyl halides is 3. The Labute approximate surface area is 77.4 Å². The molecule has 3 nitrogen and oxygen atoms in total. The average molecular weight is 208 g/mol. The molecule has 0 aliphatic carbocycles. The summed E-state index contributed by atoms with van der Waals surface area (Å²) in [5.41, 5.74) is -1.30. The van der Waals surface area contributed by atoms with E-state index in [9.17, 15) is 13.2 Å². The number of aromatic hydroxyl groups is 2. The molecule has 0 aliphatic heterocycles. The summed E-state index contributed by atoms with van der Waals surface area (Å²) in [6, 6.07) is 1.56. The highest BCUT2D eigenvalue weighted by Crippen LogP contribution is 2.44. The molecule has 0 fully saturated rings. The lowest BCUT2D eigenvalue weighted by atomic mass is 10.1. The number of hydrogen-bond donors (Lipinski definition) is 2. The molecule has 6 heteroatoms. The third-order valence-electron chi connectivity index (χ3n) is 1.64. The fraction of sp³-hybridized carbons (Fsp3) is 0.250. The molecule has 0 saturated heterocycles. The van der Waals surface area contributed by atoms with Gasteiger partial charge in [-0.15, -0.1) is 0 Å². The van der Waals surface area contributed by atoms with E-state index in [-0.39, 0.29) is 5.75 Å². The van der Waals surface area contributed by atoms with Gasteiger partial charge in [-0.3, -0.25) is 0 Å². The summed E-state index contributed by atoms with van der Waals surface area (Å²) in [5.74, 6) is -2.35. The van der Waals surface area contributed by atoms with Crippen LogP contribution in [0, 0.1) is 0 Å². The van der Waals surface area contributed by atoms with Crippen molar-refractivity contribution in [1.82, 2.24) is 0 Å². The van der Waals surface area contributed by atoms with Crippen molar-refractivity contribution in [3.8, 4) is 17.2 Å². The van der Waals surface area contributed by atoms with Crippen LogP contribution in [0.1, 0.15) is 5.56 Å². The van der Waals surface area contributed by atoms with Crippen molar-refractivity contribution in [3.05, 3.63) is 17.7 Å². The highest BCUT2D eigenvalue weighted by Gasteiger charge is 2.35. The van der Waals surface area contributed by atoms with Crippen LogP contribution in [0.5, 0.6) is 17.2 Å². The Balaban J connectivity index is 3.31. The molecule has 0 bridgehead atoms. The van der Waals surface area contributed by atoms with Gasteiger partial charge in [0.05, 0.1) is 7.11 Å². The van der Waals surface area contributed by atoms with E-state index in [1.165, 1.54) is 7.11 Å². The largest absolute Gasteiger partial charge is 0.504 e. The lowest BCUT2D eigenvalue weighted by Gasteiger charge is -2.11. The Kier molecular flexibility index (Phi) is 2.46. The number of hydrogen-bond acceptors (Lipinski definition) is 3. The van der Waals surface area contributed by atoms with Gasteiger partial charge in [-0.25, -0.2) is 0 Å². The van der Waals surface area contributed by atoms with Crippen molar-refractivity contribution < 1.29 is 28.1 Å². The number of rotatable bonds is 1. The van der Waals surface area contributed by atoms with Gasteiger partial charge in [0, 0.05) is 0 Å². The molecule has 1 rings (SSSR count). The lowest BCUT2D eigenvalue weighted by Crippen LogP contribution is -2.05. The molecule has 0 unspecified atom stereocenters. The highest BCUT2D eigenvalue weighted by atomic mass is 19.4. The first-order valence-electron chi connectivity index (χ1n) is 3.54. The van der Waals surface area contributed by atoms with E-state index in [0.717, 1.165) is 6.07 Å². The van der Waals surface area contributed by atoms with E-state index in [2.05, 4.69) is 4.74 Å². The van der Waals surface area contributed by atoms with Crippen molar-refractivity contribution in [2.45, 2.75) is 6.18 Å². The van der Waals surface area contributed by atoms with Gasteiger partial charge < -0.3 is 14.9 Å². The molecule has 2 N–H and O–H groups in total. The third kappa shape index (κ3) is 1.68. The maximum Gasteiger partial charge on any atom is 0.420 e. The molecule has 0 radical (unpaired) electrons. The van der Waals surface area contributed by atoms with Crippen LogP contribution in [0.15, 0.2) is 12.1 Å². The van der Waals surface area contributed by atoms with Gasteiger partial charge >= 0.3 is 6.18 Å². The summed E-state index contributed by atoms with van der Waals surface area (Å²) in [6.07, 6.45) is -4.70. The first kappa shape index (κ1) is 10.5. The van der Waals surface area contributed by atoms with Gasteiger partial charge in [-0.2, -0.15) is 13.2 Å². The zero-order valence-electron chi connectivity index (χ0n) is 7.09. The van der Waals surface area contributed by atoms with Crippen LogP contribution in [-0.2, 0) is 6.18 Å². The minimum atomic E-state index is -4.70. The summed E-state index contributed by atoms with van der Waals surface area (Å²) < 4.78 is 41.0. The first-order valence-corrected chi connectivity index (χ1v) is 3.54. The summed E-state index contributed by atoms with van der Waals surface area (Å²) >= 11 is 0. The number of phenols is 2. The van der Waals surface area contributed by atoms with Crippen LogP contribution in [0.4, 0.5) is 13.2 Å². The zero-order chi connectivity index (χ0) is 10.9. The Morgan fingerprint density at radius 1 is 1.14 bits per heavy atom. The molecule has 14 heavy (non-hydrogen) atoms. The van der Waals surface area contributed by atoms with Crippen LogP contribution < -0.4 is 4.74 Å².